The molecule has 1 aliphatic rings. The number of hydrogen-bond acceptors (Lipinski definition) is 3. The molecule has 2 heterocycles. The van der Waals surface area contributed by atoms with Gasteiger partial charge in [-0.15, -0.1) is 0 Å². The van der Waals surface area contributed by atoms with Gasteiger partial charge in [-0.1, -0.05) is 12.1 Å². The summed E-state index contributed by atoms with van der Waals surface area (Å²) < 4.78 is 33.9. The van der Waals surface area contributed by atoms with Crippen molar-refractivity contribution in [3.63, 3.8) is 0 Å². The van der Waals surface area contributed by atoms with Crippen molar-refractivity contribution in [2.75, 3.05) is 4.90 Å². The second-order valence-corrected chi connectivity index (χ2v) is 6.81. The first-order valence-corrected chi connectivity index (χ1v) is 9.26. The number of halogens is 2. The van der Waals surface area contributed by atoms with Crippen LogP contribution in [0.3, 0.4) is 0 Å². The van der Waals surface area contributed by atoms with E-state index in [1.165, 1.54) is 41.3 Å². The van der Waals surface area contributed by atoms with E-state index < -0.39 is 11.9 Å². The molecule has 148 valence electrons. The van der Waals surface area contributed by atoms with E-state index in [9.17, 15) is 13.6 Å². The maximum Gasteiger partial charge on any atom is 0.420 e. The fraction of sp³-hybridized carbons (Fsp3) is 0.0435. The van der Waals surface area contributed by atoms with Gasteiger partial charge in [-0.3, -0.25) is 9.47 Å². The first kappa shape index (κ1) is 18.1. The van der Waals surface area contributed by atoms with Crippen molar-refractivity contribution in [1.29, 1.82) is 0 Å². The summed E-state index contributed by atoms with van der Waals surface area (Å²) in [5.41, 5.74) is 3.62. The highest BCUT2D eigenvalue weighted by molar-refractivity contribution is 5.93. The van der Waals surface area contributed by atoms with Gasteiger partial charge in [-0.05, 0) is 60.7 Å². The molecule has 1 aromatic heterocycles. The van der Waals surface area contributed by atoms with Crippen LogP contribution in [0.15, 0.2) is 79.1 Å². The number of anilines is 1. The minimum Gasteiger partial charge on any atom is -0.410 e. The summed E-state index contributed by atoms with van der Waals surface area (Å²) in [6.45, 7) is 0.212. The molecule has 5 rings (SSSR count). The third-order valence-electron chi connectivity index (χ3n) is 4.96. The van der Waals surface area contributed by atoms with Gasteiger partial charge in [-0.25, -0.2) is 18.6 Å². The summed E-state index contributed by atoms with van der Waals surface area (Å²) in [4.78, 5) is 19.0. The molecule has 0 radical (unpaired) electrons. The first-order valence-electron chi connectivity index (χ1n) is 9.26. The van der Waals surface area contributed by atoms with Gasteiger partial charge >= 0.3 is 6.09 Å². The lowest BCUT2D eigenvalue weighted by molar-refractivity contribution is 0.206. The zero-order valence-electron chi connectivity index (χ0n) is 15.6. The lowest BCUT2D eigenvalue weighted by Crippen LogP contribution is -2.37. The first-order chi connectivity index (χ1) is 14.6. The van der Waals surface area contributed by atoms with E-state index in [1.807, 2.05) is 28.8 Å². The molecule has 0 bridgehead atoms. The van der Waals surface area contributed by atoms with Crippen molar-refractivity contribution in [1.82, 2.24) is 9.55 Å². The molecule has 0 N–H and O–H groups in total. The Balaban J connectivity index is 1.54. The Morgan fingerprint density at radius 2 is 1.50 bits per heavy atom. The van der Waals surface area contributed by atoms with Crippen LogP contribution in [0.1, 0.15) is 5.69 Å². The van der Waals surface area contributed by atoms with Crippen molar-refractivity contribution in [2.45, 2.75) is 6.54 Å². The van der Waals surface area contributed by atoms with Crippen LogP contribution in [0.2, 0.25) is 0 Å². The average Bonchev–Trinajstić information content (AvgIpc) is 3.19. The third kappa shape index (κ3) is 3.10. The molecule has 1 amide bonds. The Labute approximate surface area is 170 Å². The highest BCUT2D eigenvalue weighted by Gasteiger charge is 2.30. The topological polar surface area (TPSA) is 47.4 Å². The Morgan fingerprint density at radius 3 is 2.20 bits per heavy atom. The molecule has 4 aromatic rings. The van der Waals surface area contributed by atoms with Crippen LogP contribution >= 0.6 is 0 Å². The Hall–Kier alpha value is -4.00. The van der Waals surface area contributed by atoms with Gasteiger partial charge in [-0.2, -0.15) is 0 Å². The zero-order valence-corrected chi connectivity index (χ0v) is 15.6. The third-order valence-corrected chi connectivity index (χ3v) is 4.96. The summed E-state index contributed by atoms with van der Waals surface area (Å²) in [6, 6.07) is 18.7. The quantitative estimate of drug-likeness (QED) is 0.454. The standard InChI is InChI=1S/C23H15F2N3O2/c24-16-7-5-15(6-8-16)22-21-13-27(23(29)30-18-11-9-17(25)10-12-18)19-3-1-2-4-20(19)28(21)14-26-22/h1-12,14H,13H2. The van der Waals surface area contributed by atoms with Crippen LogP contribution in [0.25, 0.3) is 16.9 Å². The average molecular weight is 403 g/mol. The molecule has 0 aliphatic carbocycles. The van der Waals surface area contributed by atoms with Crippen LogP contribution in [-0.2, 0) is 6.54 Å². The number of amides is 1. The van der Waals surface area contributed by atoms with E-state index in [0.29, 0.717) is 11.4 Å². The Bertz CT molecular complexity index is 1230. The molecule has 0 unspecified atom stereocenters. The van der Waals surface area contributed by atoms with Crippen molar-refractivity contribution in [2.24, 2.45) is 0 Å². The minimum atomic E-state index is -0.591. The number of benzene rings is 3. The lowest BCUT2D eigenvalue weighted by Gasteiger charge is -2.30. The largest absolute Gasteiger partial charge is 0.420 e. The molecule has 3 aromatic carbocycles. The number of nitrogens with zero attached hydrogens (tertiary/aromatic N) is 3. The van der Waals surface area contributed by atoms with Gasteiger partial charge in [0.15, 0.2) is 0 Å². The van der Waals surface area contributed by atoms with E-state index in [-0.39, 0.29) is 18.1 Å². The molecule has 0 spiro atoms. The summed E-state index contributed by atoms with van der Waals surface area (Å²) in [5.74, 6) is -0.496. The Kier molecular flexibility index (Phi) is 4.28. The van der Waals surface area contributed by atoms with Gasteiger partial charge in [0, 0.05) is 5.56 Å². The summed E-state index contributed by atoms with van der Waals surface area (Å²) >= 11 is 0. The maximum absolute atomic E-state index is 13.3. The fourth-order valence-corrected chi connectivity index (χ4v) is 3.53. The molecule has 30 heavy (non-hydrogen) atoms. The molecule has 7 heteroatoms. The number of rotatable bonds is 2. The lowest BCUT2D eigenvalue weighted by atomic mass is 10.1. The van der Waals surface area contributed by atoms with Crippen LogP contribution in [-0.4, -0.2) is 15.6 Å². The number of imidazole rings is 1. The van der Waals surface area contributed by atoms with Crippen LogP contribution in [0, 0.1) is 11.6 Å². The number of aromatic nitrogens is 2. The molecule has 0 fully saturated rings. The smallest absolute Gasteiger partial charge is 0.410 e. The van der Waals surface area contributed by atoms with Gasteiger partial charge in [0.05, 0.1) is 29.3 Å². The fourth-order valence-electron chi connectivity index (χ4n) is 3.53. The molecule has 0 saturated heterocycles. The number of para-hydroxylation sites is 2. The molecule has 0 saturated carbocycles. The highest BCUT2D eigenvalue weighted by Crippen LogP contribution is 2.36. The van der Waals surface area contributed by atoms with E-state index in [4.69, 9.17) is 4.74 Å². The van der Waals surface area contributed by atoms with Crippen LogP contribution in [0.4, 0.5) is 19.3 Å². The minimum absolute atomic E-state index is 0.212. The second-order valence-electron chi connectivity index (χ2n) is 6.81. The van der Waals surface area contributed by atoms with Gasteiger partial charge < -0.3 is 4.74 Å². The highest BCUT2D eigenvalue weighted by atomic mass is 19.1. The number of carbonyl (C=O) groups excluding carboxylic acids is 1. The predicted octanol–water partition coefficient (Wildman–Crippen LogP) is 5.34. The molecule has 5 nitrogen and oxygen atoms in total. The maximum atomic E-state index is 13.3. The van der Waals surface area contributed by atoms with Crippen LogP contribution in [0.5, 0.6) is 5.75 Å². The van der Waals surface area contributed by atoms with E-state index >= 15 is 0 Å². The van der Waals surface area contributed by atoms with Crippen molar-refractivity contribution in [3.8, 4) is 22.7 Å². The van der Waals surface area contributed by atoms with E-state index in [2.05, 4.69) is 4.98 Å². The van der Waals surface area contributed by atoms with Crippen molar-refractivity contribution >= 4 is 11.8 Å². The molecule has 1 aliphatic heterocycles. The van der Waals surface area contributed by atoms with Gasteiger partial charge in [0.25, 0.3) is 0 Å². The summed E-state index contributed by atoms with van der Waals surface area (Å²) in [7, 11) is 0. The normalized spacial score (nSPS) is 12.3. The molecular weight excluding hydrogens is 388 g/mol. The molecular formula is C23H15F2N3O2. The van der Waals surface area contributed by atoms with Crippen molar-refractivity contribution < 1.29 is 18.3 Å². The van der Waals surface area contributed by atoms with Gasteiger partial charge in [0.2, 0.25) is 0 Å². The Morgan fingerprint density at radius 1 is 0.867 bits per heavy atom. The zero-order chi connectivity index (χ0) is 20.7. The predicted molar refractivity (Wildman–Crippen MR) is 108 cm³/mol. The van der Waals surface area contributed by atoms with Gasteiger partial charge in [0.1, 0.15) is 23.7 Å². The number of ether oxygens (including phenoxy) is 1. The van der Waals surface area contributed by atoms with E-state index in [0.717, 1.165) is 16.9 Å². The summed E-state index contributed by atoms with van der Waals surface area (Å²) in [6.07, 6.45) is 1.10. The SMILES string of the molecule is O=C(Oc1ccc(F)cc1)N1Cc2c(-c3ccc(F)cc3)ncn2-c2ccccc21. The van der Waals surface area contributed by atoms with E-state index in [1.54, 1.807) is 18.5 Å². The number of carbonyl (C=O) groups is 1. The second kappa shape index (κ2) is 7.11. The van der Waals surface area contributed by atoms with Crippen LogP contribution < -0.4 is 9.64 Å². The molecule has 0 atom stereocenters. The monoisotopic (exact) mass is 403 g/mol. The number of hydrogen-bond donors (Lipinski definition) is 0. The van der Waals surface area contributed by atoms with Crippen molar-refractivity contribution in [3.05, 3.63) is 96.5 Å². The number of fused-ring (bicyclic) bond motifs is 3. The summed E-state index contributed by atoms with van der Waals surface area (Å²) in [5, 5.41) is 0.